The van der Waals surface area contributed by atoms with E-state index in [4.69, 9.17) is 14.2 Å². The highest BCUT2D eigenvalue weighted by Crippen LogP contribution is 2.30. The van der Waals surface area contributed by atoms with Gasteiger partial charge in [0.1, 0.15) is 12.1 Å². The molecule has 0 aromatic heterocycles. The summed E-state index contributed by atoms with van der Waals surface area (Å²) in [4.78, 5) is 26.5. The average Bonchev–Trinajstić information content (AvgIpc) is 2.82. The van der Waals surface area contributed by atoms with Crippen molar-refractivity contribution in [1.82, 2.24) is 0 Å². The van der Waals surface area contributed by atoms with Crippen molar-refractivity contribution in [2.75, 3.05) is 14.1 Å². The van der Waals surface area contributed by atoms with Crippen LogP contribution in [0.25, 0.3) is 0 Å². The van der Waals surface area contributed by atoms with Crippen LogP contribution >= 0.6 is 0 Å². The van der Waals surface area contributed by atoms with E-state index in [2.05, 4.69) is 0 Å². The van der Waals surface area contributed by atoms with E-state index in [9.17, 15) is 14.7 Å². The summed E-state index contributed by atoms with van der Waals surface area (Å²) < 4.78 is 18.2. The maximum Gasteiger partial charge on any atom is 0.330 e. The number of ketones is 1. The van der Waals surface area contributed by atoms with Gasteiger partial charge in [0, 0.05) is 30.3 Å². The van der Waals surface area contributed by atoms with Gasteiger partial charge in [-0.3, -0.25) is 4.79 Å². The highest BCUT2D eigenvalue weighted by Gasteiger charge is 2.43. The molecule has 7 nitrogen and oxygen atoms in total. The van der Waals surface area contributed by atoms with Crippen LogP contribution in [0.5, 0.6) is 0 Å². The number of cyclic esters (lactones) is 1. The topological polar surface area (TPSA) is 86.5 Å². The van der Waals surface area contributed by atoms with E-state index in [1.807, 2.05) is 73.9 Å². The quantitative estimate of drug-likeness (QED) is 0.571. The van der Waals surface area contributed by atoms with Crippen LogP contribution in [0, 0.1) is 23.7 Å². The van der Waals surface area contributed by atoms with Crippen molar-refractivity contribution in [2.45, 2.75) is 97.6 Å². The monoisotopic (exact) mass is 506 g/mol. The molecule has 204 valence electrons. The minimum Gasteiger partial charge on any atom is -0.459 e. The molecule has 0 unspecified atom stereocenters. The summed E-state index contributed by atoms with van der Waals surface area (Å²) in [6, 6.07) is -0.00673. The molecule has 0 radical (unpaired) electrons. The van der Waals surface area contributed by atoms with Gasteiger partial charge >= 0.3 is 5.97 Å². The molecule has 2 heterocycles. The van der Waals surface area contributed by atoms with Crippen molar-refractivity contribution in [3.63, 3.8) is 0 Å². The summed E-state index contributed by atoms with van der Waals surface area (Å²) in [5.74, 6) is -0.701. The van der Waals surface area contributed by atoms with E-state index >= 15 is 0 Å². The van der Waals surface area contributed by atoms with E-state index in [0.29, 0.717) is 12.8 Å². The Morgan fingerprint density at radius 3 is 2.33 bits per heavy atom. The van der Waals surface area contributed by atoms with Gasteiger partial charge in [0.15, 0.2) is 18.2 Å². The Balaban J connectivity index is 2.33. The van der Waals surface area contributed by atoms with Crippen molar-refractivity contribution in [3.05, 3.63) is 36.5 Å². The zero-order valence-electron chi connectivity index (χ0n) is 23.3. The largest absolute Gasteiger partial charge is 0.459 e. The van der Waals surface area contributed by atoms with Crippen LogP contribution in [0.1, 0.15) is 60.8 Å². The number of esters is 1. The Kier molecular flexibility index (Phi) is 12.0. The molecule has 2 aliphatic heterocycles. The number of quaternary nitrogens is 1. The van der Waals surface area contributed by atoms with Crippen molar-refractivity contribution in [2.24, 2.45) is 23.7 Å². The predicted octanol–water partition coefficient (Wildman–Crippen LogP) is 2.89. The lowest BCUT2D eigenvalue weighted by molar-refractivity contribution is -0.893. The van der Waals surface area contributed by atoms with E-state index in [-0.39, 0.29) is 59.8 Å². The normalized spacial score (nSPS) is 42.1. The second-order valence-corrected chi connectivity index (χ2v) is 11.0. The molecule has 0 amide bonds. The zero-order valence-corrected chi connectivity index (χ0v) is 23.3. The molecule has 1 fully saturated rings. The second kappa shape index (κ2) is 14.2. The van der Waals surface area contributed by atoms with Crippen LogP contribution < -0.4 is 4.90 Å². The standard InChI is InChI=1S/C29H47NO6/c1-9-25-18(2)12-10-11-13-24(31)20(4)16-21(5)28(19(3)14-15-26(32)35-25)36-29-27(33)23(30(7)8)17-22(6)34-29/h10-15,18-23,25,27-29,33H,9,16-17H2,1-8H3/p+1/b12-10+,13-11+,15-14+/t18-,19-,20+,21-,22+,23-,25+,27+,28+,29-/m0/s1. The molecule has 0 aromatic carbocycles. The fourth-order valence-electron chi connectivity index (χ4n) is 5.25. The zero-order chi connectivity index (χ0) is 27.0. The molecule has 0 spiro atoms. The number of likely N-dealkylation sites (N-methyl/N-ethyl adjacent to an activating group) is 1. The molecule has 0 aliphatic carbocycles. The van der Waals surface area contributed by atoms with Crippen LogP contribution in [0.15, 0.2) is 36.5 Å². The van der Waals surface area contributed by atoms with Gasteiger partial charge in [-0.1, -0.05) is 58.9 Å². The predicted molar refractivity (Wildman–Crippen MR) is 140 cm³/mol. The molecule has 36 heavy (non-hydrogen) atoms. The van der Waals surface area contributed by atoms with Crippen molar-refractivity contribution in [3.8, 4) is 0 Å². The first-order valence-corrected chi connectivity index (χ1v) is 13.5. The minimum absolute atomic E-state index is 0.00673. The molecule has 1 saturated heterocycles. The molecular weight excluding hydrogens is 458 g/mol. The molecule has 10 atom stereocenters. The van der Waals surface area contributed by atoms with Gasteiger partial charge in [-0.25, -0.2) is 4.79 Å². The lowest BCUT2D eigenvalue weighted by atomic mass is 9.84. The van der Waals surface area contributed by atoms with E-state index in [1.165, 1.54) is 6.08 Å². The van der Waals surface area contributed by atoms with Gasteiger partial charge in [0.25, 0.3) is 0 Å². The lowest BCUT2D eigenvalue weighted by Crippen LogP contribution is -3.12. The molecule has 7 heteroatoms. The summed E-state index contributed by atoms with van der Waals surface area (Å²) in [5, 5.41) is 11.0. The van der Waals surface area contributed by atoms with Crippen LogP contribution in [-0.4, -0.2) is 67.7 Å². The average molecular weight is 507 g/mol. The number of carbonyl (C=O) groups is 2. The Hall–Kier alpha value is -1.80. The fraction of sp³-hybridized carbons (Fsp3) is 0.724. The highest BCUT2D eigenvalue weighted by molar-refractivity contribution is 5.91. The number of aliphatic hydroxyl groups is 1. The number of nitrogens with one attached hydrogen (secondary N) is 1. The minimum atomic E-state index is -0.782. The summed E-state index contributed by atoms with van der Waals surface area (Å²) in [6.45, 7) is 11.9. The molecule has 2 aliphatic rings. The lowest BCUT2D eigenvalue weighted by Gasteiger charge is -2.42. The van der Waals surface area contributed by atoms with Gasteiger partial charge in [0.05, 0.1) is 26.3 Å². The second-order valence-electron chi connectivity index (χ2n) is 11.0. The summed E-state index contributed by atoms with van der Waals surface area (Å²) in [6.07, 6.45) is 10.3. The van der Waals surface area contributed by atoms with Crippen LogP contribution in [0.3, 0.4) is 0 Å². The fourth-order valence-corrected chi connectivity index (χ4v) is 5.25. The Morgan fingerprint density at radius 2 is 1.69 bits per heavy atom. The van der Waals surface area contributed by atoms with Crippen LogP contribution in [0.2, 0.25) is 0 Å². The molecule has 2 N–H and O–H groups in total. The summed E-state index contributed by atoms with van der Waals surface area (Å²) in [7, 11) is 4.05. The molecule has 0 aromatic rings. The van der Waals surface area contributed by atoms with Crippen molar-refractivity contribution in [1.29, 1.82) is 0 Å². The summed E-state index contributed by atoms with van der Waals surface area (Å²) >= 11 is 0. The maximum absolute atomic E-state index is 12.8. The number of carbonyl (C=O) groups excluding carboxylic acids is 2. The molecular formula is C29H48NO6+. The van der Waals surface area contributed by atoms with E-state index < -0.39 is 12.4 Å². The Labute approximate surface area is 217 Å². The number of aliphatic hydroxyl groups excluding tert-OH is 1. The maximum atomic E-state index is 12.8. The Morgan fingerprint density at radius 1 is 1.00 bits per heavy atom. The van der Waals surface area contributed by atoms with Gasteiger partial charge in [0.2, 0.25) is 0 Å². The van der Waals surface area contributed by atoms with Crippen LogP contribution in [-0.2, 0) is 23.8 Å². The third-order valence-corrected chi connectivity index (χ3v) is 7.54. The molecule has 0 saturated carbocycles. The van der Waals surface area contributed by atoms with Gasteiger partial charge < -0.3 is 24.2 Å². The van der Waals surface area contributed by atoms with Gasteiger partial charge in [-0.15, -0.1) is 0 Å². The van der Waals surface area contributed by atoms with Gasteiger partial charge in [-0.2, -0.15) is 0 Å². The van der Waals surface area contributed by atoms with Crippen molar-refractivity contribution >= 4 is 11.8 Å². The molecule has 0 bridgehead atoms. The number of hydrogen-bond acceptors (Lipinski definition) is 6. The van der Waals surface area contributed by atoms with Crippen molar-refractivity contribution < 1.29 is 33.8 Å². The number of hydrogen-bond donors (Lipinski definition) is 2. The first-order chi connectivity index (χ1) is 16.9. The molecule has 2 rings (SSSR count). The Bertz CT molecular complexity index is 806. The number of ether oxygens (including phenoxy) is 3. The smallest absolute Gasteiger partial charge is 0.330 e. The summed E-state index contributed by atoms with van der Waals surface area (Å²) in [5.41, 5.74) is 0. The van der Waals surface area contributed by atoms with E-state index in [0.717, 1.165) is 11.3 Å². The number of rotatable bonds is 4. The third kappa shape index (κ3) is 8.65. The third-order valence-electron chi connectivity index (χ3n) is 7.54. The van der Waals surface area contributed by atoms with Gasteiger partial charge in [-0.05, 0) is 31.8 Å². The van der Waals surface area contributed by atoms with E-state index in [1.54, 1.807) is 12.2 Å². The first-order valence-electron chi connectivity index (χ1n) is 13.5. The highest BCUT2D eigenvalue weighted by atomic mass is 16.7. The SMILES string of the molecule is CC[C@H]1OC(=O)/C=C/[C@H](C)[C@@H](O[C@@H]2O[C@H](C)C[C@H]([NH+](C)C)[C@H]2O)[C@@H](C)C[C@@H](C)C(=O)/C=C/C=C/[C@@H]1C. The van der Waals surface area contributed by atoms with Crippen LogP contribution in [0.4, 0.5) is 0 Å². The number of allylic oxidation sites excluding steroid dienone is 3. The first kappa shape index (κ1) is 30.4.